The molecule has 4 aromatic carbocycles. The second kappa shape index (κ2) is 8.80. The summed E-state index contributed by atoms with van der Waals surface area (Å²) in [5.74, 6) is -8.24. The molecule has 4 aromatic rings. The van der Waals surface area contributed by atoms with Gasteiger partial charge in [0, 0.05) is 35.2 Å². The van der Waals surface area contributed by atoms with E-state index in [0.29, 0.717) is 0 Å². The summed E-state index contributed by atoms with van der Waals surface area (Å²) in [4.78, 5) is 0. The third-order valence-electron chi connectivity index (χ3n) is 8.13. The Morgan fingerprint density at radius 1 is 0.674 bits per heavy atom. The van der Waals surface area contributed by atoms with Crippen molar-refractivity contribution in [1.29, 1.82) is 0 Å². The van der Waals surface area contributed by atoms with Crippen LogP contribution in [-0.2, 0) is 16.9 Å². The summed E-state index contributed by atoms with van der Waals surface area (Å²) in [6.45, 7) is 0. The average molecular weight is 593 g/mol. The van der Waals surface area contributed by atoms with Crippen LogP contribution in [0.1, 0.15) is 39.8 Å². The maximum atomic E-state index is 11.3. The Balaban J connectivity index is 1.45. The van der Waals surface area contributed by atoms with Crippen LogP contribution in [0.15, 0.2) is 48.5 Å². The number of benzene rings is 4. The molecule has 0 spiro atoms. The SMILES string of the molecule is Oc1cc(O)c2c(c1)O[C@@]1(c3ccc(O)c(O)c3)O[C@H]1[C@@H]2c1c(O)c(O)c(O)c2c1O[C@H](c1ccc(O)c(O)c1)[C@H](O)C2. The van der Waals surface area contributed by atoms with Gasteiger partial charge in [-0.15, -0.1) is 0 Å². The van der Waals surface area contributed by atoms with Gasteiger partial charge < -0.3 is 65.3 Å². The number of aliphatic hydroxyl groups is 1. The first-order valence-electron chi connectivity index (χ1n) is 13.0. The third kappa shape index (κ3) is 3.72. The largest absolute Gasteiger partial charge is 0.508 e. The van der Waals surface area contributed by atoms with Crippen LogP contribution in [0.5, 0.6) is 63.2 Å². The molecule has 13 heteroatoms. The van der Waals surface area contributed by atoms with Crippen molar-refractivity contribution >= 4 is 0 Å². The summed E-state index contributed by atoms with van der Waals surface area (Å²) in [5, 5.41) is 105. The predicted molar refractivity (Wildman–Crippen MR) is 143 cm³/mol. The maximum absolute atomic E-state index is 11.3. The van der Waals surface area contributed by atoms with Crippen molar-refractivity contribution < 1.29 is 65.3 Å². The van der Waals surface area contributed by atoms with E-state index in [-0.39, 0.29) is 51.5 Å². The minimum atomic E-state index is -1.66. The molecule has 3 heterocycles. The molecule has 1 fully saturated rings. The van der Waals surface area contributed by atoms with Crippen LogP contribution < -0.4 is 9.47 Å². The van der Waals surface area contributed by atoms with Gasteiger partial charge in [0.05, 0.1) is 17.6 Å². The number of epoxide rings is 1. The van der Waals surface area contributed by atoms with Gasteiger partial charge in [0.25, 0.3) is 5.79 Å². The first kappa shape index (κ1) is 26.5. The molecule has 13 nitrogen and oxygen atoms in total. The molecule has 222 valence electrons. The lowest BCUT2D eigenvalue weighted by Gasteiger charge is -2.36. The van der Waals surface area contributed by atoms with Gasteiger partial charge in [-0.05, 0) is 35.9 Å². The molecule has 43 heavy (non-hydrogen) atoms. The molecule has 10 N–H and O–H groups in total. The smallest absolute Gasteiger partial charge is 0.265 e. The van der Waals surface area contributed by atoms with E-state index < -0.39 is 76.0 Å². The van der Waals surface area contributed by atoms with E-state index in [1.807, 2.05) is 0 Å². The number of phenolic OH excluding ortho intramolecular Hbond substituents is 9. The van der Waals surface area contributed by atoms with Gasteiger partial charge in [-0.1, -0.05) is 6.07 Å². The number of hydrogen-bond donors (Lipinski definition) is 10. The highest BCUT2D eigenvalue weighted by molar-refractivity contribution is 5.71. The molecule has 0 aromatic heterocycles. The van der Waals surface area contributed by atoms with Crippen molar-refractivity contribution in [2.75, 3.05) is 0 Å². The van der Waals surface area contributed by atoms with E-state index in [2.05, 4.69) is 0 Å². The van der Waals surface area contributed by atoms with Crippen molar-refractivity contribution in [3.63, 3.8) is 0 Å². The summed E-state index contributed by atoms with van der Waals surface area (Å²) >= 11 is 0. The molecule has 5 atom stereocenters. The molecular formula is C30H24O13. The fraction of sp³-hybridized carbons (Fsp3) is 0.200. The van der Waals surface area contributed by atoms with Crippen LogP contribution in [-0.4, -0.2) is 63.3 Å². The Morgan fingerprint density at radius 2 is 1.37 bits per heavy atom. The number of ether oxygens (including phenoxy) is 3. The summed E-state index contributed by atoms with van der Waals surface area (Å²) in [5.41, 5.74) is 0.261. The van der Waals surface area contributed by atoms with Crippen LogP contribution >= 0.6 is 0 Å². The summed E-state index contributed by atoms with van der Waals surface area (Å²) in [6, 6.07) is 9.83. The Labute approximate surface area is 241 Å². The van der Waals surface area contributed by atoms with Gasteiger partial charge in [0.15, 0.2) is 34.5 Å². The zero-order valence-electron chi connectivity index (χ0n) is 21.8. The molecule has 0 aliphatic carbocycles. The summed E-state index contributed by atoms with van der Waals surface area (Å²) < 4.78 is 18.3. The van der Waals surface area contributed by atoms with Gasteiger partial charge in [0.2, 0.25) is 5.75 Å². The molecule has 0 radical (unpaired) electrons. The molecule has 7 rings (SSSR count). The van der Waals surface area contributed by atoms with E-state index in [4.69, 9.17) is 14.2 Å². The Morgan fingerprint density at radius 3 is 2.07 bits per heavy atom. The number of aliphatic hydroxyl groups excluding tert-OH is 1. The number of hydrogen-bond acceptors (Lipinski definition) is 13. The second-order valence-corrected chi connectivity index (χ2v) is 10.7. The van der Waals surface area contributed by atoms with Gasteiger partial charge in [0.1, 0.15) is 35.2 Å². The van der Waals surface area contributed by atoms with E-state index in [1.165, 1.54) is 42.5 Å². The highest BCUT2D eigenvalue weighted by Gasteiger charge is 2.69. The van der Waals surface area contributed by atoms with E-state index in [0.717, 1.165) is 6.07 Å². The number of phenols is 9. The fourth-order valence-electron chi connectivity index (χ4n) is 6.06. The van der Waals surface area contributed by atoms with Crippen LogP contribution in [0, 0.1) is 0 Å². The molecular weight excluding hydrogens is 568 g/mol. The molecule has 1 saturated heterocycles. The molecule has 0 amide bonds. The standard InChI is InChI=1S/C30H24O13/c31-12-7-18(36)21-20(8-12)42-30(11-2-4-15(33)17(35)6-11)29(43-30)22(21)23-25(39)26(40)24(38)13-9-19(37)27(41-28(13)23)10-1-3-14(32)16(34)5-10/h1-8,19,22,27,29,31-40H,9H2/t19-,22+,27-,29+,30+/m1/s1. The second-order valence-electron chi connectivity index (χ2n) is 10.7. The van der Waals surface area contributed by atoms with Crippen LogP contribution in [0.3, 0.4) is 0 Å². The Hall–Kier alpha value is -5.40. The van der Waals surface area contributed by atoms with E-state index in [9.17, 15) is 51.1 Å². The van der Waals surface area contributed by atoms with E-state index in [1.54, 1.807) is 0 Å². The average Bonchev–Trinajstić information content (AvgIpc) is 3.70. The first-order chi connectivity index (χ1) is 20.4. The molecule has 0 saturated carbocycles. The van der Waals surface area contributed by atoms with Gasteiger partial charge in [-0.25, -0.2) is 0 Å². The Bertz CT molecular complexity index is 1840. The normalized spacial score (nSPS) is 25.0. The predicted octanol–water partition coefficient (Wildman–Crippen LogP) is 2.85. The van der Waals surface area contributed by atoms with E-state index >= 15 is 0 Å². The maximum Gasteiger partial charge on any atom is 0.265 e. The lowest BCUT2D eigenvalue weighted by molar-refractivity contribution is 0.0183. The summed E-state index contributed by atoms with van der Waals surface area (Å²) in [6.07, 6.45) is -3.85. The topological polar surface area (TPSA) is 233 Å². The molecule has 0 bridgehead atoms. The lowest BCUT2D eigenvalue weighted by Crippen LogP contribution is -2.33. The zero-order valence-corrected chi connectivity index (χ0v) is 21.8. The zero-order chi connectivity index (χ0) is 30.5. The number of rotatable bonds is 3. The number of aromatic hydroxyl groups is 9. The van der Waals surface area contributed by atoms with Gasteiger partial charge in [-0.2, -0.15) is 0 Å². The van der Waals surface area contributed by atoms with Gasteiger partial charge in [-0.3, -0.25) is 0 Å². The quantitative estimate of drug-likeness (QED) is 0.122. The van der Waals surface area contributed by atoms with Crippen molar-refractivity contribution in [1.82, 2.24) is 0 Å². The monoisotopic (exact) mass is 592 g/mol. The first-order valence-corrected chi connectivity index (χ1v) is 13.0. The van der Waals surface area contributed by atoms with Gasteiger partial charge >= 0.3 is 0 Å². The van der Waals surface area contributed by atoms with Crippen LogP contribution in [0.2, 0.25) is 0 Å². The van der Waals surface area contributed by atoms with Crippen molar-refractivity contribution in [2.24, 2.45) is 0 Å². The molecule has 3 aliphatic heterocycles. The minimum Gasteiger partial charge on any atom is -0.508 e. The van der Waals surface area contributed by atoms with Crippen molar-refractivity contribution in [3.8, 4) is 63.2 Å². The minimum absolute atomic E-state index is 0.0232. The highest BCUT2D eigenvalue weighted by Crippen LogP contribution is 2.67. The number of fused-ring (bicyclic) bond motifs is 3. The lowest BCUT2D eigenvalue weighted by atomic mass is 9.79. The Kier molecular flexibility index (Phi) is 5.42. The fourth-order valence-corrected chi connectivity index (χ4v) is 6.06. The highest BCUT2D eigenvalue weighted by atomic mass is 16.8. The van der Waals surface area contributed by atoms with Crippen LogP contribution in [0.25, 0.3) is 0 Å². The van der Waals surface area contributed by atoms with Crippen molar-refractivity contribution in [3.05, 3.63) is 76.3 Å². The molecule has 3 aliphatic rings. The third-order valence-corrected chi connectivity index (χ3v) is 8.13. The molecule has 0 unspecified atom stereocenters. The van der Waals surface area contributed by atoms with Crippen molar-refractivity contribution in [2.45, 2.75) is 36.4 Å². The van der Waals surface area contributed by atoms with Crippen LogP contribution in [0.4, 0.5) is 0 Å². The summed E-state index contributed by atoms with van der Waals surface area (Å²) in [7, 11) is 0.